The molecule has 4 heterocycles. The SMILES string of the molecule is CN1CCN(C2=C3NC(C(N)=S)=C(OCc4ccccc4)C(=O)N3CC(N3CCOCC3)=C2)C1=O. The molecule has 3 N–H and O–H groups in total. The van der Waals surface area contributed by atoms with Crippen molar-refractivity contribution in [3.8, 4) is 0 Å². The number of nitrogens with two attached hydrogens (primary N) is 1. The van der Waals surface area contributed by atoms with Crippen LogP contribution in [0.5, 0.6) is 0 Å². The predicted molar refractivity (Wildman–Crippen MR) is 132 cm³/mol. The zero-order valence-corrected chi connectivity index (χ0v) is 20.3. The van der Waals surface area contributed by atoms with Crippen molar-refractivity contribution in [2.75, 3.05) is 53.0 Å². The fourth-order valence-corrected chi connectivity index (χ4v) is 4.66. The van der Waals surface area contributed by atoms with Gasteiger partial charge >= 0.3 is 6.03 Å². The van der Waals surface area contributed by atoms with Crippen molar-refractivity contribution >= 4 is 29.1 Å². The maximum Gasteiger partial charge on any atom is 0.324 e. The van der Waals surface area contributed by atoms with Gasteiger partial charge in [-0.05, 0) is 11.6 Å². The van der Waals surface area contributed by atoms with E-state index in [4.69, 9.17) is 27.4 Å². The Morgan fingerprint density at radius 3 is 2.51 bits per heavy atom. The summed E-state index contributed by atoms with van der Waals surface area (Å²) in [6, 6.07) is 9.43. The average Bonchev–Trinajstić information content (AvgIpc) is 3.21. The number of allylic oxidation sites excluding steroid dienone is 1. The van der Waals surface area contributed by atoms with Crippen LogP contribution in [0.1, 0.15) is 5.56 Å². The Hall–Kier alpha value is -3.57. The third-order valence-electron chi connectivity index (χ3n) is 6.44. The number of hydrogen-bond acceptors (Lipinski definition) is 7. The summed E-state index contributed by atoms with van der Waals surface area (Å²) in [7, 11) is 1.76. The number of ether oxygens (including phenoxy) is 2. The zero-order chi connectivity index (χ0) is 24.5. The first-order chi connectivity index (χ1) is 16.9. The molecule has 2 saturated heterocycles. The molecular formula is C24H28N6O4S. The van der Waals surface area contributed by atoms with Gasteiger partial charge in [0, 0.05) is 38.9 Å². The molecule has 0 aliphatic carbocycles. The zero-order valence-electron chi connectivity index (χ0n) is 19.5. The van der Waals surface area contributed by atoms with Crippen LogP contribution in [0.3, 0.4) is 0 Å². The van der Waals surface area contributed by atoms with E-state index < -0.39 is 0 Å². The Kier molecular flexibility index (Phi) is 6.35. The van der Waals surface area contributed by atoms with Gasteiger partial charge in [0.25, 0.3) is 5.91 Å². The van der Waals surface area contributed by atoms with Crippen LogP contribution in [0, 0.1) is 0 Å². The lowest BCUT2D eigenvalue weighted by atomic mass is 10.1. The third kappa shape index (κ3) is 4.44. The summed E-state index contributed by atoms with van der Waals surface area (Å²) in [5.41, 5.74) is 8.71. The van der Waals surface area contributed by atoms with Crippen molar-refractivity contribution in [3.05, 3.63) is 70.6 Å². The van der Waals surface area contributed by atoms with Gasteiger partial charge in [-0.3, -0.25) is 14.6 Å². The first kappa shape index (κ1) is 23.2. The van der Waals surface area contributed by atoms with Crippen molar-refractivity contribution in [3.63, 3.8) is 0 Å². The minimum absolute atomic E-state index is 0.0146. The summed E-state index contributed by atoms with van der Waals surface area (Å²) < 4.78 is 11.5. The number of nitrogens with one attached hydrogen (secondary N) is 1. The molecule has 5 rings (SSSR count). The number of carbonyl (C=O) groups excluding carboxylic acids is 2. The van der Waals surface area contributed by atoms with Crippen molar-refractivity contribution in [1.82, 2.24) is 24.9 Å². The van der Waals surface area contributed by atoms with E-state index in [0.29, 0.717) is 57.5 Å². The highest BCUT2D eigenvalue weighted by Crippen LogP contribution is 2.32. The highest BCUT2D eigenvalue weighted by atomic mass is 32.1. The molecule has 0 spiro atoms. The molecule has 0 radical (unpaired) electrons. The highest BCUT2D eigenvalue weighted by molar-refractivity contribution is 7.80. The van der Waals surface area contributed by atoms with Gasteiger partial charge in [0.05, 0.1) is 25.5 Å². The minimum Gasteiger partial charge on any atom is -0.481 e. The molecule has 4 aliphatic heterocycles. The van der Waals surface area contributed by atoms with Crippen molar-refractivity contribution < 1.29 is 19.1 Å². The van der Waals surface area contributed by atoms with Crippen LogP contribution in [-0.2, 0) is 20.9 Å². The summed E-state index contributed by atoms with van der Waals surface area (Å²) in [6.45, 7) is 4.26. The van der Waals surface area contributed by atoms with E-state index in [-0.39, 0.29) is 35.0 Å². The van der Waals surface area contributed by atoms with E-state index in [2.05, 4.69) is 10.2 Å². The molecule has 1 aromatic rings. The van der Waals surface area contributed by atoms with E-state index in [1.807, 2.05) is 36.4 Å². The predicted octanol–water partition coefficient (Wildman–Crippen LogP) is 0.899. The number of hydrogen-bond donors (Lipinski definition) is 2. The molecule has 1 aromatic carbocycles. The van der Waals surface area contributed by atoms with Crippen molar-refractivity contribution in [2.45, 2.75) is 6.61 Å². The Morgan fingerprint density at radius 2 is 1.86 bits per heavy atom. The number of nitrogens with zero attached hydrogens (tertiary/aromatic N) is 4. The normalized spacial score (nSPS) is 20.8. The van der Waals surface area contributed by atoms with E-state index >= 15 is 0 Å². The maximum absolute atomic E-state index is 13.8. The van der Waals surface area contributed by atoms with Gasteiger partial charge in [-0.15, -0.1) is 0 Å². The van der Waals surface area contributed by atoms with E-state index in [1.165, 1.54) is 0 Å². The number of urea groups is 1. The Labute approximate surface area is 209 Å². The lowest BCUT2D eigenvalue weighted by Gasteiger charge is -2.41. The minimum atomic E-state index is -0.353. The topological polar surface area (TPSA) is 104 Å². The Bertz CT molecular complexity index is 1140. The number of benzene rings is 1. The molecule has 2 fully saturated rings. The van der Waals surface area contributed by atoms with Crippen molar-refractivity contribution in [1.29, 1.82) is 0 Å². The van der Waals surface area contributed by atoms with Gasteiger partial charge in [-0.2, -0.15) is 0 Å². The van der Waals surface area contributed by atoms with Gasteiger partial charge in [0.2, 0.25) is 5.76 Å². The second kappa shape index (κ2) is 9.59. The molecule has 0 unspecified atom stereocenters. The highest BCUT2D eigenvalue weighted by Gasteiger charge is 2.41. The molecule has 0 bridgehead atoms. The average molecular weight is 497 g/mol. The molecule has 0 atom stereocenters. The van der Waals surface area contributed by atoms with Crippen LogP contribution in [-0.4, -0.2) is 89.5 Å². The largest absolute Gasteiger partial charge is 0.481 e. The molecule has 4 aliphatic rings. The Balaban J connectivity index is 1.53. The molecule has 0 aromatic heterocycles. The fourth-order valence-electron chi connectivity index (χ4n) is 4.52. The quantitative estimate of drug-likeness (QED) is 0.560. The van der Waals surface area contributed by atoms with Gasteiger partial charge in [-0.25, -0.2) is 4.79 Å². The first-order valence-electron chi connectivity index (χ1n) is 11.5. The third-order valence-corrected chi connectivity index (χ3v) is 6.65. The number of rotatable bonds is 6. The number of fused-ring (bicyclic) bond motifs is 1. The summed E-state index contributed by atoms with van der Waals surface area (Å²) in [6.07, 6.45) is 1.97. The summed E-state index contributed by atoms with van der Waals surface area (Å²) in [4.78, 5) is 33.9. The number of carbonyl (C=O) groups is 2. The molecule has 10 nitrogen and oxygen atoms in total. The fraction of sp³-hybridized carbons (Fsp3) is 0.375. The number of amides is 3. The van der Waals surface area contributed by atoms with Gasteiger partial charge < -0.3 is 30.3 Å². The van der Waals surface area contributed by atoms with Gasteiger partial charge in [0.15, 0.2) is 0 Å². The van der Waals surface area contributed by atoms with E-state index in [9.17, 15) is 9.59 Å². The number of likely N-dealkylation sites (N-methyl/N-ethyl adjacent to an activating group) is 1. The monoisotopic (exact) mass is 496 g/mol. The molecule has 35 heavy (non-hydrogen) atoms. The molecule has 0 saturated carbocycles. The van der Waals surface area contributed by atoms with Gasteiger partial charge in [-0.1, -0.05) is 42.5 Å². The lowest BCUT2D eigenvalue weighted by molar-refractivity contribution is -0.130. The summed E-state index contributed by atoms with van der Waals surface area (Å²) in [5, 5.41) is 3.23. The Morgan fingerprint density at radius 1 is 1.11 bits per heavy atom. The van der Waals surface area contributed by atoms with Crippen LogP contribution >= 0.6 is 12.2 Å². The molecular weight excluding hydrogens is 468 g/mol. The number of morpholine rings is 1. The molecule has 3 amide bonds. The van der Waals surface area contributed by atoms with Crippen LogP contribution in [0.4, 0.5) is 4.79 Å². The van der Waals surface area contributed by atoms with Crippen LogP contribution in [0.2, 0.25) is 0 Å². The molecule has 11 heteroatoms. The van der Waals surface area contributed by atoms with Crippen LogP contribution in [0.25, 0.3) is 0 Å². The van der Waals surface area contributed by atoms with E-state index in [1.54, 1.807) is 21.7 Å². The van der Waals surface area contributed by atoms with Crippen molar-refractivity contribution in [2.24, 2.45) is 5.73 Å². The number of thiocarbonyl (C=S) groups is 1. The maximum atomic E-state index is 13.8. The first-order valence-corrected chi connectivity index (χ1v) is 11.9. The molecule has 184 valence electrons. The second-order valence-corrected chi connectivity index (χ2v) is 9.12. The second-order valence-electron chi connectivity index (χ2n) is 8.68. The standard InChI is InChI=1S/C24H28N6O4S/c1-27-7-8-29(24(27)32)18-13-17(28-9-11-33-12-10-28)14-30-22(18)26-19(21(25)35)20(23(30)31)34-15-16-5-3-2-4-6-16/h2-6,13,26H,7-12,14-15H2,1H3,(H2,25,35). The van der Waals surface area contributed by atoms with Crippen LogP contribution < -0.4 is 11.1 Å². The summed E-state index contributed by atoms with van der Waals surface area (Å²) in [5.74, 6) is 0.192. The van der Waals surface area contributed by atoms with E-state index in [0.717, 1.165) is 11.3 Å². The van der Waals surface area contributed by atoms with Crippen LogP contribution in [0.15, 0.2) is 65.1 Å². The van der Waals surface area contributed by atoms with Gasteiger partial charge in [0.1, 0.15) is 23.1 Å². The smallest absolute Gasteiger partial charge is 0.324 e. The lowest BCUT2D eigenvalue weighted by Crippen LogP contribution is -2.52. The summed E-state index contributed by atoms with van der Waals surface area (Å²) >= 11 is 5.27.